The molecule has 1 amide bonds. The number of unbranched alkanes of at least 4 members (excludes halogenated alkanes) is 1. The Morgan fingerprint density at radius 1 is 1.25 bits per heavy atom. The molecular formula is C20H30N2O2. The third-order valence-corrected chi connectivity index (χ3v) is 5.69. The van der Waals surface area contributed by atoms with Gasteiger partial charge in [0.15, 0.2) is 0 Å². The lowest BCUT2D eigenvalue weighted by molar-refractivity contribution is -0.127. The van der Waals surface area contributed by atoms with E-state index in [1.807, 2.05) is 12.1 Å². The number of fused-ring (bicyclic) bond motifs is 2. The van der Waals surface area contributed by atoms with Crippen LogP contribution in [0.3, 0.4) is 0 Å². The van der Waals surface area contributed by atoms with Crippen LogP contribution in [0.25, 0.3) is 0 Å². The Balaban J connectivity index is 1.40. The summed E-state index contributed by atoms with van der Waals surface area (Å²) in [6.45, 7) is 3.61. The molecule has 2 aliphatic rings. The Labute approximate surface area is 145 Å². The molecule has 3 rings (SSSR count). The maximum Gasteiger partial charge on any atom is 0.224 e. The minimum atomic E-state index is 0.0399. The molecular weight excluding hydrogens is 300 g/mol. The van der Waals surface area contributed by atoms with Crippen LogP contribution >= 0.6 is 0 Å². The summed E-state index contributed by atoms with van der Waals surface area (Å²) in [5.41, 5.74) is 7.46. The van der Waals surface area contributed by atoms with Crippen molar-refractivity contribution in [2.45, 2.75) is 51.5 Å². The molecule has 0 aromatic heterocycles. The van der Waals surface area contributed by atoms with E-state index in [4.69, 9.17) is 10.5 Å². The molecule has 0 radical (unpaired) electrons. The van der Waals surface area contributed by atoms with Crippen molar-refractivity contribution in [2.24, 2.45) is 23.5 Å². The molecule has 4 heteroatoms. The normalized spacial score (nSPS) is 28.1. The molecule has 2 fully saturated rings. The van der Waals surface area contributed by atoms with Gasteiger partial charge in [0.2, 0.25) is 5.91 Å². The second kappa shape index (κ2) is 8.02. The van der Waals surface area contributed by atoms with Crippen LogP contribution in [0.4, 0.5) is 0 Å². The highest BCUT2D eigenvalue weighted by Crippen LogP contribution is 2.47. The van der Waals surface area contributed by atoms with E-state index in [0.717, 1.165) is 38.0 Å². The van der Waals surface area contributed by atoms with Gasteiger partial charge in [0, 0.05) is 12.6 Å². The first-order valence-electron chi connectivity index (χ1n) is 9.44. The molecule has 24 heavy (non-hydrogen) atoms. The van der Waals surface area contributed by atoms with Crippen LogP contribution in [0.1, 0.15) is 44.6 Å². The van der Waals surface area contributed by atoms with Crippen molar-refractivity contribution in [1.29, 1.82) is 0 Å². The van der Waals surface area contributed by atoms with Crippen molar-refractivity contribution in [2.75, 3.05) is 13.2 Å². The first kappa shape index (κ1) is 17.3. The summed E-state index contributed by atoms with van der Waals surface area (Å²) < 4.78 is 5.67. The van der Waals surface area contributed by atoms with E-state index in [0.29, 0.717) is 18.4 Å². The second-order valence-electron chi connectivity index (χ2n) is 7.32. The van der Waals surface area contributed by atoms with E-state index in [2.05, 4.69) is 24.4 Å². The summed E-state index contributed by atoms with van der Waals surface area (Å²) >= 11 is 0. The topological polar surface area (TPSA) is 64.3 Å². The molecule has 0 saturated heterocycles. The van der Waals surface area contributed by atoms with Crippen molar-refractivity contribution < 1.29 is 9.53 Å². The predicted octanol–water partition coefficient (Wildman–Crippen LogP) is 2.90. The van der Waals surface area contributed by atoms with Gasteiger partial charge < -0.3 is 15.8 Å². The number of nitrogens with one attached hydrogen (secondary N) is 1. The van der Waals surface area contributed by atoms with Crippen molar-refractivity contribution in [3.63, 3.8) is 0 Å². The van der Waals surface area contributed by atoms with Gasteiger partial charge >= 0.3 is 0 Å². The largest absolute Gasteiger partial charge is 0.494 e. The Hall–Kier alpha value is -1.55. The molecule has 2 aliphatic carbocycles. The average Bonchev–Trinajstić information content (AvgIpc) is 3.17. The van der Waals surface area contributed by atoms with Gasteiger partial charge in [0.25, 0.3) is 0 Å². The van der Waals surface area contributed by atoms with Gasteiger partial charge in [0.1, 0.15) is 5.75 Å². The Kier molecular flexibility index (Phi) is 5.77. The van der Waals surface area contributed by atoms with E-state index in [1.54, 1.807) is 0 Å². The number of hydrogen-bond acceptors (Lipinski definition) is 3. The van der Waals surface area contributed by atoms with Crippen molar-refractivity contribution >= 4 is 5.91 Å². The molecule has 132 valence electrons. The average molecular weight is 330 g/mol. The quantitative estimate of drug-likeness (QED) is 0.720. The molecule has 0 aliphatic heterocycles. The third kappa shape index (κ3) is 3.92. The van der Waals surface area contributed by atoms with Crippen LogP contribution in [0.2, 0.25) is 0 Å². The smallest absolute Gasteiger partial charge is 0.224 e. The van der Waals surface area contributed by atoms with E-state index < -0.39 is 0 Å². The molecule has 4 atom stereocenters. The molecule has 1 aromatic rings. The summed E-state index contributed by atoms with van der Waals surface area (Å²) in [7, 11) is 0. The van der Waals surface area contributed by atoms with Crippen LogP contribution in [0, 0.1) is 17.8 Å². The summed E-state index contributed by atoms with van der Waals surface area (Å²) in [6, 6.07) is 8.26. The van der Waals surface area contributed by atoms with Gasteiger partial charge in [-0.15, -0.1) is 0 Å². The number of carbonyl (C=O) groups is 1. The van der Waals surface area contributed by atoms with E-state index >= 15 is 0 Å². The molecule has 3 N–H and O–H groups in total. The van der Waals surface area contributed by atoms with E-state index in [1.165, 1.54) is 18.4 Å². The maximum absolute atomic E-state index is 12.4. The Bertz CT molecular complexity index is 541. The number of nitrogens with two attached hydrogens (primary N) is 1. The highest BCUT2D eigenvalue weighted by Gasteiger charge is 2.48. The minimum absolute atomic E-state index is 0.0399. The second-order valence-corrected chi connectivity index (χ2v) is 7.32. The van der Waals surface area contributed by atoms with Gasteiger partial charge in [-0.25, -0.2) is 0 Å². The van der Waals surface area contributed by atoms with Gasteiger partial charge in [0.05, 0.1) is 12.5 Å². The zero-order valence-electron chi connectivity index (χ0n) is 14.7. The molecule has 4 nitrogen and oxygen atoms in total. The van der Waals surface area contributed by atoms with Gasteiger partial charge in [-0.1, -0.05) is 25.5 Å². The molecule has 0 heterocycles. The minimum Gasteiger partial charge on any atom is -0.494 e. The van der Waals surface area contributed by atoms with Gasteiger partial charge in [-0.2, -0.15) is 0 Å². The number of benzene rings is 1. The monoisotopic (exact) mass is 330 g/mol. The summed E-state index contributed by atoms with van der Waals surface area (Å²) in [5.74, 6) is 2.21. The van der Waals surface area contributed by atoms with Crippen LogP contribution in [0.5, 0.6) is 5.75 Å². The molecule has 2 saturated carbocycles. The van der Waals surface area contributed by atoms with Crippen molar-refractivity contribution in [1.82, 2.24) is 5.32 Å². The highest BCUT2D eigenvalue weighted by molar-refractivity contribution is 5.80. The van der Waals surface area contributed by atoms with Crippen LogP contribution in [-0.2, 0) is 11.2 Å². The van der Waals surface area contributed by atoms with Gasteiger partial charge in [-0.3, -0.25) is 4.79 Å². The molecule has 2 bridgehead atoms. The number of carbonyl (C=O) groups excluding carboxylic acids is 1. The predicted molar refractivity (Wildman–Crippen MR) is 95.9 cm³/mol. The lowest BCUT2D eigenvalue weighted by Gasteiger charge is -2.27. The number of hydrogen-bond donors (Lipinski definition) is 2. The summed E-state index contributed by atoms with van der Waals surface area (Å²) in [5, 5.41) is 3.09. The highest BCUT2D eigenvalue weighted by atomic mass is 16.5. The fourth-order valence-corrected chi connectivity index (χ4v) is 4.26. The zero-order valence-corrected chi connectivity index (χ0v) is 14.7. The van der Waals surface area contributed by atoms with Crippen LogP contribution in [0.15, 0.2) is 24.3 Å². The fourth-order valence-electron chi connectivity index (χ4n) is 4.26. The van der Waals surface area contributed by atoms with Crippen LogP contribution < -0.4 is 15.8 Å². The zero-order chi connectivity index (χ0) is 16.9. The van der Waals surface area contributed by atoms with Crippen LogP contribution in [-0.4, -0.2) is 25.1 Å². The molecule has 0 spiro atoms. The Morgan fingerprint density at radius 2 is 2.00 bits per heavy atom. The summed E-state index contributed by atoms with van der Waals surface area (Å²) in [6.07, 6.45) is 6.61. The van der Waals surface area contributed by atoms with Crippen molar-refractivity contribution in [3.05, 3.63) is 29.8 Å². The van der Waals surface area contributed by atoms with Gasteiger partial charge in [-0.05, 0) is 61.6 Å². The Morgan fingerprint density at radius 3 is 2.67 bits per heavy atom. The standard InChI is InChI=1S/C20H30N2O2/c1-2-3-12-24-17-8-4-14(5-9-17)10-11-22-20(23)18-15-6-7-16(13-15)19(18)21/h4-5,8-9,15-16,18-19H,2-3,6-7,10-13,21H2,1H3,(H,22,23). The summed E-state index contributed by atoms with van der Waals surface area (Å²) in [4.78, 5) is 12.4. The van der Waals surface area contributed by atoms with Crippen molar-refractivity contribution in [3.8, 4) is 5.75 Å². The molecule has 4 unspecified atom stereocenters. The first-order chi connectivity index (χ1) is 11.7. The lowest BCUT2D eigenvalue weighted by atomic mass is 9.84. The maximum atomic E-state index is 12.4. The van der Waals surface area contributed by atoms with E-state index in [9.17, 15) is 4.79 Å². The number of rotatable bonds is 8. The lowest BCUT2D eigenvalue weighted by Crippen LogP contribution is -2.45. The van der Waals surface area contributed by atoms with E-state index in [-0.39, 0.29) is 17.9 Å². The SMILES string of the molecule is CCCCOc1ccc(CCNC(=O)C2C3CCC(C3)C2N)cc1. The number of ether oxygens (including phenoxy) is 1. The third-order valence-electron chi connectivity index (χ3n) is 5.69. The first-order valence-corrected chi connectivity index (χ1v) is 9.44. The molecule has 1 aromatic carbocycles. The fraction of sp³-hybridized carbons (Fsp3) is 0.650. The number of amides is 1.